The molecule has 0 amide bonds. The Balaban J connectivity index is 2.75. The monoisotopic (exact) mass is 195 g/mol. The molecular formula is C10H10ClNO. The molecule has 0 aliphatic carbocycles. The SMILES string of the molecule is CC(/C=C/c1ccc(Cl)cc1)=N\O. The average molecular weight is 196 g/mol. The van der Waals surface area contributed by atoms with Crippen molar-refractivity contribution in [2.24, 2.45) is 5.16 Å². The largest absolute Gasteiger partial charge is 0.411 e. The van der Waals surface area contributed by atoms with E-state index in [4.69, 9.17) is 16.8 Å². The smallest absolute Gasteiger partial charge is 0.0765 e. The Kier molecular flexibility index (Phi) is 3.53. The van der Waals surface area contributed by atoms with Crippen LogP contribution in [0.5, 0.6) is 0 Å². The van der Waals surface area contributed by atoms with Gasteiger partial charge in [0, 0.05) is 5.02 Å². The zero-order valence-corrected chi connectivity index (χ0v) is 7.99. The van der Waals surface area contributed by atoms with Crippen LogP contribution in [0.25, 0.3) is 6.08 Å². The first-order valence-electron chi connectivity index (χ1n) is 3.84. The number of nitrogens with zero attached hydrogens (tertiary/aromatic N) is 1. The maximum atomic E-state index is 8.37. The first-order valence-corrected chi connectivity index (χ1v) is 4.22. The van der Waals surface area contributed by atoms with Crippen LogP contribution < -0.4 is 0 Å². The molecule has 0 saturated carbocycles. The Labute approximate surface area is 82.1 Å². The summed E-state index contributed by atoms with van der Waals surface area (Å²) in [6, 6.07) is 7.41. The van der Waals surface area contributed by atoms with E-state index in [9.17, 15) is 0 Å². The summed E-state index contributed by atoms with van der Waals surface area (Å²) in [6.45, 7) is 1.71. The normalized spacial score (nSPS) is 12.3. The number of oxime groups is 1. The van der Waals surface area contributed by atoms with Crippen LogP contribution in [0.4, 0.5) is 0 Å². The zero-order valence-electron chi connectivity index (χ0n) is 7.24. The van der Waals surface area contributed by atoms with Crippen molar-refractivity contribution in [1.29, 1.82) is 0 Å². The molecule has 1 N–H and O–H groups in total. The van der Waals surface area contributed by atoms with Crippen molar-refractivity contribution >= 4 is 23.4 Å². The van der Waals surface area contributed by atoms with Gasteiger partial charge < -0.3 is 5.21 Å². The number of rotatable bonds is 2. The number of benzene rings is 1. The molecule has 0 heterocycles. The van der Waals surface area contributed by atoms with Crippen molar-refractivity contribution in [2.75, 3.05) is 0 Å². The van der Waals surface area contributed by atoms with Crippen LogP contribution in [-0.4, -0.2) is 10.9 Å². The van der Waals surface area contributed by atoms with E-state index in [1.165, 1.54) is 0 Å². The number of hydrogen-bond donors (Lipinski definition) is 1. The molecule has 1 rings (SSSR count). The van der Waals surface area contributed by atoms with Crippen molar-refractivity contribution in [1.82, 2.24) is 0 Å². The third kappa shape index (κ3) is 3.30. The van der Waals surface area contributed by atoms with Crippen molar-refractivity contribution in [2.45, 2.75) is 6.92 Å². The van der Waals surface area contributed by atoms with Crippen LogP contribution in [0.1, 0.15) is 12.5 Å². The Morgan fingerprint density at radius 2 is 2.00 bits per heavy atom. The van der Waals surface area contributed by atoms with Crippen molar-refractivity contribution < 1.29 is 5.21 Å². The van der Waals surface area contributed by atoms with Gasteiger partial charge in [-0.1, -0.05) is 35.0 Å². The van der Waals surface area contributed by atoms with Gasteiger partial charge in [-0.15, -0.1) is 0 Å². The average Bonchev–Trinajstić information content (AvgIpc) is 2.16. The molecule has 68 valence electrons. The maximum Gasteiger partial charge on any atom is 0.0765 e. The molecular weight excluding hydrogens is 186 g/mol. The Morgan fingerprint density at radius 3 is 2.54 bits per heavy atom. The van der Waals surface area contributed by atoms with Gasteiger partial charge in [-0.2, -0.15) is 0 Å². The molecule has 1 aromatic carbocycles. The first-order chi connectivity index (χ1) is 6.22. The quantitative estimate of drug-likeness (QED) is 0.439. The number of allylic oxidation sites excluding steroid dienone is 1. The summed E-state index contributed by atoms with van der Waals surface area (Å²) in [6.07, 6.45) is 3.58. The molecule has 0 saturated heterocycles. The van der Waals surface area contributed by atoms with Gasteiger partial charge >= 0.3 is 0 Å². The number of hydrogen-bond acceptors (Lipinski definition) is 2. The summed E-state index contributed by atoms with van der Waals surface area (Å²) >= 11 is 5.71. The van der Waals surface area contributed by atoms with Crippen LogP contribution >= 0.6 is 11.6 Å². The summed E-state index contributed by atoms with van der Waals surface area (Å²) < 4.78 is 0. The highest BCUT2D eigenvalue weighted by atomic mass is 35.5. The van der Waals surface area contributed by atoms with Gasteiger partial charge in [0.15, 0.2) is 0 Å². The highest BCUT2D eigenvalue weighted by Gasteiger charge is 1.88. The summed E-state index contributed by atoms with van der Waals surface area (Å²) in [5.74, 6) is 0. The van der Waals surface area contributed by atoms with Gasteiger partial charge in [0.25, 0.3) is 0 Å². The third-order valence-electron chi connectivity index (χ3n) is 1.54. The molecule has 0 fully saturated rings. The van der Waals surface area contributed by atoms with Crippen LogP contribution in [0.2, 0.25) is 5.02 Å². The van der Waals surface area contributed by atoms with Gasteiger partial charge in [0.1, 0.15) is 0 Å². The minimum atomic E-state index is 0.565. The molecule has 0 aromatic heterocycles. The lowest BCUT2D eigenvalue weighted by Crippen LogP contribution is -1.82. The fraction of sp³-hybridized carbons (Fsp3) is 0.100. The van der Waals surface area contributed by atoms with Crippen LogP contribution in [-0.2, 0) is 0 Å². The Morgan fingerprint density at radius 1 is 1.38 bits per heavy atom. The summed E-state index contributed by atoms with van der Waals surface area (Å²) in [7, 11) is 0. The second kappa shape index (κ2) is 4.67. The van der Waals surface area contributed by atoms with Crippen LogP contribution in [0.3, 0.4) is 0 Å². The van der Waals surface area contributed by atoms with Crippen molar-refractivity contribution in [3.63, 3.8) is 0 Å². The van der Waals surface area contributed by atoms with Gasteiger partial charge in [-0.05, 0) is 30.7 Å². The predicted molar refractivity (Wildman–Crippen MR) is 55.4 cm³/mol. The maximum absolute atomic E-state index is 8.37. The lowest BCUT2D eigenvalue weighted by Gasteiger charge is -1.92. The van der Waals surface area contributed by atoms with Gasteiger partial charge in [0.2, 0.25) is 0 Å². The molecule has 1 aromatic rings. The lowest BCUT2D eigenvalue weighted by atomic mass is 10.2. The minimum Gasteiger partial charge on any atom is -0.411 e. The highest BCUT2D eigenvalue weighted by molar-refractivity contribution is 6.30. The van der Waals surface area contributed by atoms with Crippen molar-refractivity contribution in [3.05, 3.63) is 40.9 Å². The molecule has 2 nitrogen and oxygen atoms in total. The van der Waals surface area contributed by atoms with E-state index >= 15 is 0 Å². The predicted octanol–water partition coefficient (Wildman–Crippen LogP) is 3.20. The molecule has 0 spiro atoms. The molecule has 0 aliphatic rings. The van der Waals surface area contributed by atoms with E-state index in [0.29, 0.717) is 10.7 Å². The second-order valence-electron chi connectivity index (χ2n) is 2.63. The first kappa shape index (κ1) is 9.81. The molecule has 0 unspecified atom stereocenters. The fourth-order valence-corrected chi connectivity index (χ4v) is 0.950. The Bertz CT molecular complexity index is 327. The van der Waals surface area contributed by atoms with E-state index in [-0.39, 0.29) is 0 Å². The standard InChI is InChI=1S/C10H10ClNO/c1-8(12-13)2-3-9-4-6-10(11)7-5-9/h2-7,13H,1H3/b3-2+,12-8+. The summed E-state index contributed by atoms with van der Waals surface area (Å²) in [5.41, 5.74) is 1.59. The summed E-state index contributed by atoms with van der Waals surface area (Å²) in [5, 5.41) is 12.1. The zero-order chi connectivity index (χ0) is 9.68. The van der Waals surface area contributed by atoms with E-state index in [1.807, 2.05) is 30.3 Å². The minimum absolute atomic E-state index is 0.565. The van der Waals surface area contributed by atoms with E-state index < -0.39 is 0 Å². The molecule has 0 aliphatic heterocycles. The van der Waals surface area contributed by atoms with Gasteiger partial charge in [-0.3, -0.25) is 0 Å². The van der Waals surface area contributed by atoms with Crippen molar-refractivity contribution in [3.8, 4) is 0 Å². The molecule has 13 heavy (non-hydrogen) atoms. The van der Waals surface area contributed by atoms with Gasteiger partial charge in [0.05, 0.1) is 5.71 Å². The number of halogens is 1. The Hall–Kier alpha value is -1.28. The highest BCUT2D eigenvalue weighted by Crippen LogP contribution is 2.10. The third-order valence-corrected chi connectivity index (χ3v) is 1.80. The van der Waals surface area contributed by atoms with E-state index in [0.717, 1.165) is 5.56 Å². The second-order valence-corrected chi connectivity index (χ2v) is 3.06. The molecule has 0 radical (unpaired) electrons. The van der Waals surface area contributed by atoms with E-state index in [1.54, 1.807) is 13.0 Å². The molecule has 3 heteroatoms. The topological polar surface area (TPSA) is 32.6 Å². The summed E-state index contributed by atoms with van der Waals surface area (Å²) in [4.78, 5) is 0. The molecule has 0 atom stereocenters. The fourth-order valence-electron chi connectivity index (χ4n) is 0.824. The van der Waals surface area contributed by atoms with Gasteiger partial charge in [-0.25, -0.2) is 0 Å². The molecule has 0 bridgehead atoms. The lowest BCUT2D eigenvalue weighted by molar-refractivity contribution is 0.319. The van der Waals surface area contributed by atoms with Crippen LogP contribution in [0.15, 0.2) is 35.5 Å². The van der Waals surface area contributed by atoms with Crippen LogP contribution in [0, 0.1) is 0 Å². The van der Waals surface area contributed by atoms with E-state index in [2.05, 4.69) is 5.16 Å².